The van der Waals surface area contributed by atoms with Crippen LogP contribution in [0.15, 0.2) is 30.3 Å². The molecular weight excluding hydrogens is 277 g/mol. The van der Waals surface area contributed by atoms with Gasteiger partial charge in [0, 0.05) is 24.1 Å². The Hall–Kier alpha value is -1.63. The molecule has 0 aliphatic carbocycles. The third kappa shape index (κ3) is 7.40. The monoisotopic (exact) mass is 290 g/mol. The summed E-state index contributed by atoms with van der Waals surface area (Å²) in [6, 6.07) is 6.85. The van der Waals surface area contributed by atoms with E-state index in [1.165, 1.54) is 6.08 Å². The Morgan fingerprint density at radius 1 is 1.32 bits per heavy atom. The molecule has 0 unspecified atom stereocenters. The van der Waals surface area contributed by atoms with Crippen molar-refractivity contribution in [3.63, 3.8) is 0 Å². The summed E-state index contributed by atoms with van der Waals surface area (Å²) in [5.41, 5.74) is 2.64. The molecule has 0 fully saturated rings. The average Bonchev–Trinajstić information content (AvgIpc) is 2.33. The number of nitrogens with one attached hydrogen (secondary N) is 1. The maximum absolute atomic E-state index is 11.8. The second-order valence-corrected chi connectivity index (χ2v) is 4.75. The van der Waals surface area contributed by atoms with Crippen molar-refractivity contribution >= 4 is 29.4 Å². The molecule has 0 radical (unpaired) electrons. The maximum Gasteiger partial charge on any atom is 0.441 e. The molecule has 0 atom stereocenters. The number of hydrogen-bond donors (Lipinski definition) is 2. The number of carbonyl (C=O) groups excluding carboxylic acids is 1. The molecule has 3 N–H and O–H groups in total. The van der Waals surface area contributed by atoms with E-state index in [0.717, 1.165) is 5.56 Å². The van der Waals surface area contributed by atoms with Crippen LogP contribution in [0.25, 0.3) is 6.08 Å². The lowest BCUT2D eigenvalue weighted by atomic mass is 10.2. The Labute approximate surface area is 113 Å². The van der Waals surface area contributed by atoms with Crippen LogP contribution in [0.2, 0.25) is 0 Å². The van der Waals surface area contributed by atoms with Crippen molar-refractivity contribution in [3.8, 4) is 0 Å². The van der Waals surface area contributed by atoms with E-state index < -0.39 is 11.4 Å². The molecule has 0 saturated heterocycles. The van der Waals surface area contributed by atoms with E-state index in [0.29, 0.717) is 5.69 Å². The van der Waals surface area contributed by atoms with Crippen LogP contribution in [0.4, 0.5) is 18.9 Å². The lowest BCUT2D eigenvalue weighted by Crippen LogP contribution is -2.24. The molecule has 0 aromatic heterocycles. The van der Waals surface area contributed by atoms with Crippen molar-refractivity contribution < 1.29 is 18.0 Å². The Kier molecular flexibility index (Phi) is 5.75. The molecule has 1 rings (SSSR count). The largest absolute Gasteiger partial charge is 0.441 e. The minimum absolute atomic E-state index is 0.0327. The van der Waals surface area contributed by atoms with Gasteiger partial charge < -0.3 is 11.1 Å². The number of carbonyl (C=O) groups is 1. The predicted octanol–water partition coefficient (Wildman–Crippen LogP) is 2.65. The Balaban J connectivity index is 2.29. The zero-order valence-corrected chi connectivity index (χ0v) is 10.7. The molecule has 1 aromatic rings. The van der Waals surface area contributed by atoms with E-state index in [4.69, 9.17) is 5.73 Å². The van der Waals surface area contributed by atoms with E-state index in [-0.39, 0.29) is 24.1 Å². The summed E-state index contributed by atoms with van der Waals surface area (Å²) in [7, 11) is 0. The number of halogens is 3. The number of rotatable bonds is 5. The molecule has 1 amide bonds. The highest BCUT2D eigenvalue weighted by Crippen LogP contribution is 2.29. The summed E-state index contributed by atoms with van der Waals surface area (Å²) in [6.07, 6.45) is 2.83. The number of anilines is 1. The second-order valence-electron chi connectivity index (χ2n) is 3.59. The van der Waals surface area contributed by atoms with Crippen LogP contribution in [-0.2, 0) is 4.79 Å². The highest BCUT2D eigenvalue weighted by atomic mass is 32.2. The third-order valence-electron chi connectivity index (χ3n) is 2.03. The fraction of sp³-hybridized carbons (Fsp3) is 0.250. The Bertz CT molecular complexity index is 443. The molecule has 0 aliphatic heterocycles. The highest BCUT2D eigenvalue weighted by Gasteiger charge is 2.27. The molecule has 0 spiro atoms. The van der Waals surface area contributed by atoms with Gasteiger partial charge in [-0.15, -0.1) is 0 Å². The van der Waals surface area contributed by atoms with Crippen molar-refractivity contribution in [2.45, 2.75) is 5.51 Å². The number of thioether (sulfide) groups is 1. The highest BCUT2D eigenvalue weighted by molar-refractivity contribution is 8.00. The summed E-state index contributed by atoms with van der Waals surface area (Å²) in [4.78, 5) is 11.3. The second kappa shape index (κ2) is 7.08. The normalized spacial score (nSPS) is 11.7. The predicted molar refractivity (Wildman–Crippen MR) is 71.4 cm³/mol. The molecule has 0 aliphatic rings. The van der Waals surface area contributed by atoms with Crippen LogP contribution < -0.4 is 11.1 Å². The molecule has 104 valence electrons. The molecule has 1 aromatic carbocycles. The van der Waals surface area contributed by atoms with Gasteiger partial charge in [0.15, 0.2) is 0 Å². The smallest absolute Gasteiger partial charge is 0.399 e. The summed E-state index contributed by atoms with van der Waals surface area (Å²) in [5, 5.41) is 2.37. The number of benzene rings is 1. The zero-order chi connectivity index (χ0) is 14.3. The van der Waals surface area contributed by atoms with E-state index >= 15 is 0 Å². The van der Waals surface area contributed by atoms with Crippen molar-refractivity contribution in [2.75, 3.05) is 18.0 Å². The van der Waals surface area contributed by atoms with Crippen molar-refractivity contribution in [1.82, 2.24) is 5.32 Å². The number of hydrogen-bond acceptors (Lipinski definition) is 3. The average molecular weight is 290 g/mol. The van der Waals surface area contributed by atoms with Crippen molar-refractivity contribution in [3.05, 3.63) is 35.9 Å². The van der Waals surface area contributed by atoms with E-state index in [1.807, 2.05) is 0 Å². The maximum atomic E-state index is 11.8. The minimum atomic E-state index is -4.26. The fourth-order valence-corrected chi connectivity index (χ4v) is 1.61. The summed E-state index contributed by atoms with van der Waals surface area (Å²) < 4.78 is 35.4. The topological polar surface area (TPSA) is 55.1 Å². The van der Waals surface area contributed by atoms with E-state index in [1.54, 1.807) is 30.3 Å². The minimum Gasteiger partial charge on any atom is -0.399 e. The van der Waals surface area contributed by atoms with Crippen LogP contribution in [-0.4, -0.2) is 23.7 Å². The SMILES string of the molecule is Nc1ccc(/C=C/C(=O)NCCSC(F)(F)F)cc1. The number of amides is 1. The van der Waals surface area contributed by atoms with E-state index in [2.05, 4.69) is 5.32 Å². The molecule has 0 bridgehead atoms. The summed E-state index contributed by atoms with van der Waals surface area (Å²) in [5.74, 6) is -0.634. The first-order valence-electron chi connectivity index (χ1n) is 5.39. The third-order valence-corrected chi connectivity index (χ3v) is 2.77. The van der Waals surface area contributed by atoms with Crippen LogP contribution in [0.3, 0.4) is 0 Å². The van der Waals surface area contributed by atoms with Gasteiger partial charge in [-0.25, -0.2) is 0 Å². The van der Waals surface area contributed by atoms with E-state index in [9.17, 15) is 18.0 Å². The standard InChI is InChI=1S/C12H13F3N2OS/c13-12(14,15)19-8-7-17-11(18)6-3-9-1-4-10(16)5-2-9/h1-6H,7-8,16H2,(H,17,18)/b6-3+. The Morgan fingerprint density at radius 2 is 1.95 bits per heavy atom. The molecular formula is C12H13F3N2OS. The lowest BCUT2D eigenvalue weighted by molar-refractivity contribution is -0.116. The van der Waals surface area contributed by atoms with Gasteiger partial charge in [0.05, 0.1) is 0 Å². The Morgan fingerprint density at radius 3 is 2.53 bits per heavy atom. The first-order chi connectivity index (χ1) is 8.87. The van der Waals surface area contributed by atoms with Crippen molar-refractivity contribution in [1.29, 1.82) is 0 Å². The van der Waals surface area contributed by atoms with Crippen molar-refractivity contribution in [2.24, 2.45) is 0 Å². The number of nitrogen functional groups attached to an aromatic ring is 1. The first-order valence-corrected chi connectivity index (χ1v) is 6.37. The van der Waals surface area contributed by atoms with Crippen LogP contribution >= 0.6 is 11.8 Å². The molecule has 19 heavy (non-hydrogen) atoms. The fourth-order valence-electron chi connectivity index (χ4n) is 1.18. The van der Waals surface area contributed by atoms with Gasteiger partial charge in [-0.05, 0) is 35.5 Å². The van der Waals surface area contributed by atoms with Gasteiger partial charge >= 0.3 is 5.51 Å². The lowest BCUT2D eigenvalue weighted by Gasteiger charge is -2.05. The number of nitrogens with two attached hydrogens (primary N) is 1. The molecule has 0 saturated carbocycles. The quantitative estimate of drug-likeness (QED) is 0.498. The van der Waals surface area contributed by atoms with Gasteiger partial charge in [-0.3, -0.25) is 4.79 Å². The number of alkyl halides is 3. The van der Waals surface area contributed by atoms with Crippen LogP contribution in [0.5, 0.6) is 0 Å². The van der Waals surface area contributed by atoms with Gasteiger partial charge in [0.2, 0.25) is 5.91 Å². The summed E-state index contributed by atoms with van der Waals surface area (Å²) >= 11 is -0.161. The molecule has 0 heterocycles. The van der Waals surface area contributed by atoms with Gasteiger partial charge in [-0.2, -0.15) is 13.2 Å². The first kappa shape index (κ1) is 15.4. The van der Waals surface area contributed by atoms with Crippen LogP contribution in [0, 0.1) is 0 Å². The molecule has 7 heteroatoms. The van der Waals surface area contributed by atoms with Gasteiger partial charge in [0.25, 0.3) is 0 Å². The van der Waals surface area contributed by atoms with Crippen LogP contribution in [0.1, 0.15) is 5.56 Å². The van der Waals surface area contributed by atoms with Gasteiger partial charge in [-0.1, -0.05) is 12.1 Å². The molecule has 3 nitrogen and oxygen atoms in total. The van der Waals surface area contributed by atoms with Gasteiger partial charge in [0.1, 0.15) is 0 Å². The zero-order valence-electron chi connectivity index (χ0n) is 9.91. The summed E-state index contributed by atoms with van der Waals surface area (Å²) in [6.45, 7) is -0.0327.